The zero-order chi connectivity index (χ0) is 18.1. The number of aromatic nitrogens is 2. The molecular weight excluding hydrogens is 324 g/mol. The number of benzene rings is 2. The third kappa shape index (κ3) is 3.04. The molecule has 26 heavy (non-hydrogen) atoms. The maximum absolute atomic E-state index is 12.9. The van der Waals surface area contributed by atoms with Crippen molar-refractivity contribution in [3.8, 4) is 0 Å². The number of para-hydroxylation sites is 1. The average Bonchev–Trinajstić information content (AvgIpc) is 3.08. The lowest BCUT2D eigenvalue weighted by molar-refractivity contribution is 0.0984. The lowest BCUT2D eigenvalue weighted by atomic mass is 10.1. The van der Waals surface area contributed by atoms with Crippen LogP contribution < -0.4 is 10.2 Å². The molecule has 0 aliphatic carbocycles. The molecule has 1 aliphatic heterocycles. The Morgan fingerprint density at radius 2 is 1.88 bits per heavy atom. The van der Waals surface area contributed by atoms with Gasteiger partial charge < -0.3 is 10.2 Å². The standard InChI is InChI=1S/C21H20N4O/c1-14-7-8-17(11-15(14)2)24-20-12-18(22-13-23-20)21(26)25-10-9-16-5-3-4-6-19(16)25/h3-8,11-13H,9-10H2,1-2H3,(H,22,23,24). The summed E-state index contributed by atoms with van der Waals surface area (Å²) >= 11 is 0. The predicted octanol–water partition coefficient (Wildman–Crippen LogP) is 4.04. The van der Waals surface area contributed by atoms with Crippen LogP contribution in [0.3, 0.4) is 0 Å². The van der Waals surface area contributed by atoms with Crippen LogP contribution in [0.2, 0.25) is 0 Å². The van der Waals surface area contributed by atoms with Gasteiger partial charge in [0.05, 0.1) is 0 Å². The highest BCUT2D eigenvalue weighted by atomic mass is 16.2. The van der Waals surface area contributed by atoms with Gasteiger partial charge in [0.1, 0.15) is 17.8 Å². The summed E-state index contributed by atoms with van der Waals surface area (Å²) in [6.45, 7) is 4.83. The van der Waals surface area contributed by atoms with Gasteiger partial charge in [-0.3, -0.25) is 4.79 Å². The molecule has 3 aromatic rings. The number of nitrogens with zero attached hydrogens (tertiary/aromatic N) is 3. The Balaban J connectivity index is 1.58. The second kappa shape index (κ2) is 6.59. The Hall–Kier alpha value is -3.21. The maximum Gasteiger partial charge on any atom is 0.277 e. The number of rotatable bonds is 3. The number of amides is 1. The fourth-order valence-electron chi connectivity index (χ4n) is 3.20. The summed E-state index contributed by atoms with van der Waals surface area (Å²) in [7, 11) is 0. The van der Waals surface area contributed by atoms with Crippen molar-refractivity contribution in [3.63, 3.8) is 0 Å². The second-order valence-electron chi connectivity index (χ2n) is 6.55. The van der Waals surface area contributed by atoms with Crippen LogP contribution in [-0.2, 0) is 6.42 Å². The SMILES string of the molecule is Cc1ccc(Nc2cc(C(=O)N3CCc4ccccc43)ncn2)cc1C. The number of nitrogens with one attached hydrogen (secondary N) is 1. The van der Waals surface area contributed by atoms with Gasteiger partial charge in [-0.2, -0.15) is 0 Å². The number of fused-ring (bicyclic) bond motifs is 1. The Bertz CT molecular complexity index is 983. The second-order valence-corrected chi connectivity index (χ2v) is 6.55. The van der Waals surface area contributed by atoms with E-state index in [2.05, 4.69) is 47.3 Å². The summed E-state index contributed by atoms with van der Waals surface area (Å²) in [5, 5.41) is 3.26. The largest absolute Gasteiger partial charge is 0.340 e. The van der Waals surface area contributed by atoms with Gasteiger partial charge in [0.15, 0.2) is 0 Å². The minimum absolute atomic E-state index is 0.0968. The lowest BCUT2D eigenvalue weighted by Crippen LogP contribution is -2.29. The van der Waals surface area contributed by atoms with Crippen molar-refractivity contribution in [2.45, 2.75) is 20.3 Å². The van der Waals surface area contributed by atoms with E-state index >= 15 is 0 Å². The summed E-state index contributed by atoms with van der Waals surface area (Å²) in [5.41, 5.74) is 5.94. The van der Waals surface area contributed by atoms with Crippen LogP contribution in [0.25, 0.3) is 0 Å². The van der Waals surface area contributed by atoms with Crippen molar-refractivity contribution >= 4 is 23.1 Å². The molecule has 5 heteroatoms. The summed E-state index contributed by atoms with van der Waals surface area (Å²) in [6, 6.07) is 15.8. The van der Waals surface area contributed by atoms with Gasteiger partial charge in [-0.15, -0.1) is 0 Å². The first-order chi connectivity index (χ1) is 12.6. The van der Waals surface area contributed by atoms with Crippen molar-refractivity contribution < 1.29 is 4.79 Å². The van der Waals surface area contributed by atoms with Crippen LogP contribution in [0.4, 0.5) is 17.2 Å². The van der Waals surface area contributed by atoms with E-state index in [1.807, 2.05) is 24.3 Å². The zero-order valence-corrected chi connectivity index (χ0v) is 14.9. The predicted molar refractivity (Wildman–Crippen MR) is 103 cm³/mol. The van der Waals surface area contributed by atoms with E-state index < -0.39 is 0 Å². The Morgan fingerprint density at radius 3 is 2.73 bits per heavy atom. The molecule has 2 aromatic carbocycles. The molecule has 0 saturated heterocycles. The van der Waals surface area contributed by atoms with Crippen molar-refractivity contribution in [1.82, 2.24) is 9.97 Å². The Morgan fingerprint density at radius 1 is 1.04 bits per heavy atom. The van der Waals surface area contributed by atoms with E-state index in [4.69, 9.17) is 0 Å². The highest BCUT2D eigenvalue weighted by molar-refractivity contribution is 6.06. The van der Waals surface area contributed by atoms with Crippen LogP contribution in [0.1, 0.15) is 27.2 Å². The Labute approximate surface area is 152 Å². The normalized spacial score (nSPS) is 12.8. The molecule has 2 heterocycles. The fraction of sp³-hybridized carbons (Fsp3) is 0.190. The summed E-state index contributed by atoms with van der Waals surface area (Å²) in [4.78, 5) is 23.1. The topological polar surface area (TPSA) is 58.1 Å². The van der Waals surface area contributed by atoms with Crippen LogP contribution in [0.5, 0.6) is 0 Å². The molecule has 1 amide bonds. The van der Waals surface area contributed by atoms with Crippen molar-refractivity contribution in [1.29, 1.82) is 0 Å². The monoisotopic (exact) mass is 344 g/mol. The highest BCUT2D eigenvalue weighted by Crippen LogP contribution is 2.29. The van der Waals surface area contributed by atoms with Crippen molar-refractivity contribution in [3.05, 3.63) is 77.2 Å². The summed E-state index contributed by atoms with van der Waals surface area (Å²) in [5.74, 6) is 0.513. The average molecular weight is 344 g/mol. The Kier molecular flexibility index (Phi) is 4.13. The number of carbonyl (C=O) groups excluding carboxylic acids is 1. The summed E-state index contributed by atoms with van der Waals surface area (Å²) in [6.07, 6.45) is 2.30. The van der Waals surface area contributed by atoms with Crippen molar-refractivity contribution in [2.24, 2.45) is 0 Å². The van der Waals surface area contributed by atoms with Crippen LogP contribution in [-0.4, -0.2) is 22.4 Å². The molecule has 1 N–H and O–H groups in total. The number of hydrogen-bond donors (Lipinski definition) is 1. The van der Waals surface area contributed by atoms with Gasteiger partial charge in [-0.25, -0.2) is 9.97 Å². The maximum atomic E-state index is 12.9. The molecule has 0 fully saturated rings. The summed E-state index contributed by atoms with van der Waals surface area (Å²) < 4.78 is 0. The van der Waals surface area contributed by atoms with Gasteiger partial charge in [0.2, 0.25) is 0 Å². The smallest absolute Gasteiger partial charge is 0.277 e. The molecular formula is C21H20N4O. The molecule has 0 saturated carbocycles. The number of carbonyl (C=O) groups is 1. The first kappa shape index (κ1) is 16.3. The third-order valence-electron chi connectivity index (χ3n) is 4.80. The molecule has 130 valence electrons. The molecule has 0 radical (unpaired) electrons. The van der Waals surface area contributed by atoms with E-state index in [1.54, 1.807) is 11.0 Å². The number of hydrogen-bond acceptors (Lipinski definition) is 4. The quantitative estimate of drug-likeness (QED) is 0.779. The van der Waals surface area contributed by atoms with Crippen LogP contribution in [0, 0.1) is 13.8 Å². The van der Waals surface area contributed by atoms with Gasteiger partial charge in [-0.1, -0.05) is 24.3 Å². The van der Waals surface area contributed by atoms with E-state index in [-0.39, 0.29) is 5.91 Å². The third-order valence-corrected chi connectivity index (χ3v) is 4.80. The first-order valence-corrected chi connectivity index (χ1v) is 8.68. The van der Waals surface area contributed by atoms with Crippen molar-refractivity contribution in [2.75, 3.05) is 16.8 Å². The van der Waals surface area contributed by atoms with Gasteiger partial charge in [0, 0.05) is 24.0 Å². The minimum Gasteiger partial charge on any atom is -0.340 e. The van der Waals surface area contributed by atoms with Gasteiger partial charge in [-0.05, 0) is 55.2 Å². The number of aryl methyl sites for hydroxylation is 2. The molecule has 0 unspecified atom stereocenters. The fourth-order valence-corrected chi connectivity index (χ4v) is 3.20. The molecule has 0 atom stereocenters. The van der Waals surface area contributed by atoms with E-state index in [0.717, 1.165) is 17.8 Å². The molecule has 0 bridgehead atoms. The van der Waals surface area contributed by atoms with Gasteiger partial charge >= 0.3 is 0 Å². The van der Waals surface area contributed by atoms with Gasteiger partial charge in [0.25, 0.3) is 5.91 Å². The molecule has 5 nitrogen and oxygen atoms in total. The highest BCUT2D eigenvalue weighted by Gasteiger charge is 2.26. The molecule has 0 spiro atoms. The minimum atomic E-state index is -0.0968. The van der Waals surface area contributed by atoms with E-state index in [9.17, 15) is 4.79 Å². The molecule has 1 aromatic heterocycles. The van der Waals surface area contributed by atoms with E-state index in [1.165, 1.54) is 23.0 Å². The van der Waals surface area contributed by atoms with Crippen LogP contribution in [0.15, 0.2) is 54.9 Å². The first-order valence-electron chi connectivity index (χ1n) is 8.68. The number of anilines is 3. The van der Waals surface area contributed by atoms with E-state index in [0.29, 0.717) is 18.1 Å². The zero-order valence-electron chi connectivity index (χ0n) is 14.9. The van der Waals surface area contributed by atoms with Crippen LogP contribution >= 0.6 is 0 Å². The molecule has 4 rings (SSSR count). The lowest BCUT2D eigenvalue weighted by Gasteiger charge is -2.17. The molecule has 1 aliphatic rings.